The van der Waals surface area contributed by atoms with Crippen LogP contribution in [-0.2, 0) is 6.18 Å². The zero-order chi connectivity index (χ0) is 14.8. The van der Waals surface area contributed by atoms with Crippen LogP contribution in [0.1, 0.15) is 17.2 Å². The Bertz CT molecular complexity index is 479. The van der Waals surface area contributed by atoms with Crippen molar-refractivity contribution < 1.29 is 17.6 Å². The molecule has 0 bridgehead atoms. The van der Waals surface area contributed by atoms with Gasteiger partial charge in [-0.1, -0.05) is 18.2 Å². The molecule has 1 fully saturated rings. The Morgan fingerprint density at radius 3 is 2.45 bits per heavy atom. The maximum atomic E-state index is 14.2. The highest BCUT2D eigenvalue weighted by Crippen LogP contribution is 2.35. The Labute approximate surface area is 115 Å². The van der Waals surface area contributed by atoms with Crippen LogP contribution in [0.4, 0.5) is 17.6 Å². The van der Waals surface area contributed by atoms with Crippen LogP contribution in [0.5, 0.6) is 0 Å². The SMILES string of the molecule is C=C[C@H](c1cccc(C(F)(F)F)c1F)N1CCNCC1. The van der Waals surface area contributed by atoms with Gasteiger partial charge in [0.15, 0.2) is 0 Å². The Balaban J connectivity index is 2.37. The fourth-order valence-electron chi connectivity index (χ4n) is 2.43. The highest BCUT2D eigenvalue weighted by molar-refractivity contribution is 5.32. The van der Waals surface area contributed by atoms with E-state index in [-0.39, 0.29) is 5.56 Å². The number of halogens is 4. The molecule has 6 heteroatoms. The van der Waals surface area contributed by atoms with Crippen molar-refractivity contribution in [2.75, 3.05) is 26.2 Å². The zero-order valence-corrected chi connectivity index (χ0v) is 10.9. The topological polar surface area (TPSA) is 15.3 Å². The molecule has 1 heterocycles. The molecule has 1 saturated heterocycles. The van der Waals surface area contributed by atoms with Gasteiger partial charge in [-0.15, -0.1) is 6.58 Å². The summed E-state index contributed by atoms with van der Waals surface area (Å²) in [7, 11) is 0. The maximum absolute atomic E-state index is 14.2. The van der Waals surface area contributed by atoms with Crippen LogP contribution in [-0.4, -0.2) is 31.1 Å². The van der Waals surface area contributed by atoms with Crippen molar-refractivity contribution in [3.8, 4) is 0 Å². The van der Waals surface area contributed by atoms with E-state index in [1.807, 2.05) is 4.90 Å². The summed E-state index contributed by atoms with van der Waals surface area (Å²) in [6.07, 6.45) is -3.20. The third kappa shape index (κ3) is 3.02. The second-order valence-electron chi connectivity index (χ2n) is 4.67. The molecule has 0 spiro atoms. The average molecular weight is 288 g/mol. The first-order valence-electron chi connectivity index (χ1n) is 6.38. The molecular formula is C14H16F4N2. The second-order valence-corrected chi connectivity index (χ2v) is 4.67. The van der Waals surface area contributed by atoms with Crippen molar-refractivity contribution in [1.29, 1.82) is 0 Å². The average Bonchev–Trinajstić information content (AvgIpc) is 2.41. The number of rotatable bonds is 3. The minimum absolute atomic E-state index is 0.0247. The van der Waals surface area contributed by atoms with Crippen molar-refractivity contribution in [3.63, 3.8) is 0 Å². The van der Waals surface area contributed by atoms with Crippen LogP contribution in [0.3, 0.4) is 0 Å². The van der Waals surface area contributed by atoms with Gasteiger partial charge in [0.1, 0.15) is 5.82 Å². The Hall–Kier alpha value is -1.40. The highest BCUT2D eigenvalue weighted by atomic mass is 19.4. The van der Waals surface area contributed by atoms with Crippen LogP contribution < -0.4 is 5.32 Å². The predicted molar refractivity (Wildman–Crippen MR) is 68.8 cm³/mol. The monoisotopic (exact) mass is 288 g/mol. The molecule has 2 nitrogen and oxygen atoms in total. The molecule has 1 aliphatic heterocycles. The Morgan fingerprint density at radius 2 is 1.90 bits per heavy atom. The summed E-state index contributed by atoms with van der Waals surface area (Å²) in [4.78, 5) is 1.92. The van der Waals surface area contributed by atoms with Crippen LogP contribution in [0, 0.1) is 5.82 Å². The molecule has 0 aromatic heterocycles. The number of benzene rings is 1. The normalized spacial score (nSPS) is 18.8. The summed E-state index contributed by atoms with van der Waals surface area (Å²) in [5.41, 5.74) is -1.20. The number of piperazine rings is 1. The summed E-state index contributed by atoms with van der Waals surface area (Å²) in [5.74, 6) is -1.21. The number of nitrogens with one attached hydrogen (secondary N) is 1. The molecular weight excluding hydrogens is 272 g/mol. The van der Waals surface area contributed by atoms with E-state index in [0.717, 1.165) is 19.2 Å². The van der Waals surface area contributed by atoms with Crippen molar-refractivity contribution in [2.45, 2.75) is 12.2 Å². The Morgan fingerprint density at radius 1 is 1.25 bits per heavy atom. The largest absolute Gasteiger partial charge is 0.419 e. The van der Waals surface area contributed by atoms with Crippen molar-refractivity contribution in [1.82, 2.24) is 10.2 Å². The van der Waals surface area contributed by atoms with Crippen molar-refractivity contribution in [3.05, 3.63) is 47.8 Å². The molecule has 1 aliphatic rings. The van der Waals surface area contributed by atoms with Crippen LogP contribution in [0.15, 0.2) is 30.9 Å². The molecule has 0 saturated carbocycles. The first-order chi connectivity index (χ1) is 9.45. The van der Waals surface area contributed by atoms with Crippen molar-refractivity contribution in [2.24, 2.45) is 0 Å². The number of alkyl halides is 3. The Kier molecular flexibility index (Phi) is 4.45. The van der Waals surface area contributed by atoms with Gasteiger partial charge in [0.25, 0.3) is 0 Å². The molecule has 1 atom stereocenters. The summed E-state index contributed by atoms with van der Waals surface area (Å²) >= 11 is 0. The van der Waals surface area contributed by atoms with E-state index in [2.05, 4.69) is 11.9 Å². The standard InChI is InChI=1S/C14H16F4N2/c1-2-12(20-8-6-19-7-9-20)10-4-3-5-11(13(10)15)14(16,17)18/h2-5,12,19H,1,6-9H2/t12-/m1/s1. The molecule has 0 unspecified atom stereocenters. The predicted octanol–water partition coefficient (Wildman–Crippen LogP) is 2.98. The minimum Gasteiger partial charge on any atom is -0.314 e. The molecule has 0 radical (unpaired) electrons. The van der Waals surface area contributed by atoms with Gasteiger partial charge in [0, 0.05) is 31.7 Å². The van der Waals surface area contributed by atoms with Crippen LogP contribution in [0.25, 0.3) is 0 Å². The van der Waals surface area contributed by atoms with Crippen LogP contribution in [0.2, 0.25) is 0 Å². The van der Waals surface area contributed by atoms with Gasteiger partial charge in [0.2, 0.25) is 0 Å². The number of hydrogen-bond acceptors (Lipinski definition) is 2. The molecule has 110 valence electrons. The maximum Gasteiger partial charge on any atom is 0.419 e. The fourth-order valence-corrected chi connectivity index (χ4v) is 2.43. The minimum atomic E-state index is -4.69. The first kappa shape index (κ1) is 15.0. The molecule has 1 aromatic carbocycles. The molecule has 0 amide bonds. The van der Waals surface area contributed by atoms with Crippen molar-refractivity contribution >= 4 is 0 Å². The van der Waals surface area contributed by atoms with E-state index in [1.165, 1.54) is 18.2 Å². The van der Waals surface area contributed by atoms with E-state index in [0.29, 0.717) is 13.1 Å². The van der Waals surface area contributed by atoms with Gasteiger partial charge in [-0.3, -0.25) is 4.90 Å². The molecule has 20 heavy (non-hydrogen) atoms. The zero-order valence-electron chi connectivity index (χ0n) is 10.9. The molecule has 1 N–H and O–H groups in total. The smallest absolute Gasteiger partial charge is 0.314 e. The quantitative estimate of drug-likeness (QED) is 0.679. The van der Waals surface area contributed by atoms with E-state index in [4.69, 9.17) is 0 Å². The van der Waals surface area contributed by atoms with E-state index < -0.39 is 23.6 Å². The van der Waals surface area contributed by atoms with E-state index in [9.17, 15) is 17.6 Å². The third-order valence-electron chi connectivity index (χ3n) is 3.42. The summed E-state index contributed by atoms with van der Waals surface area (Å²) < 4.78 is 52.4. The van der Waals surface area contributed by atoms with E-state index >= 15 is 0 Å². The van der Waals surface area contributed by atoms with Gasteiger partial charge < -0.3 is 5.32 Å². The third-order valence-corrected chi connectivity index (χ3v) is 3.42. The first-order valence-corrected chi connectivity index (χ1v) is 6.38. The lowest BCUT2D eigenvalue weighted by atomic mass is 10.0. The fraction of sp³-hybridized carbons (Fsp3) is 0.429. The lowest BCUT2D eigenvalue weighted by Crippen LogP contribution is -2.44. The molecule has 1 aromatic rings. The van der Waals surface area contributed by atoms with Gasteiger partial charge in [-0.05, 0) is 6.07 Å². The second kappa shape index (κ2) is 5.93. The summed E-state index contributed by atoms with van der Waals surface area (Å²) in [5, 5.41) is 3.15. The lowest BCUT2D eigenvalue weighted by molar-refractivity contribution is -0.140. The number of hydrogen-bond donors (Lipinski definition) is 1. The molecule has 0 aliphatic carbocycles. The van der Waals surface area contributed by atoms with Gasteiger partial charge in [-0.25, -0.2) is 4.39 Å². The van der Waals surface area contributed by atoms with Gasteiger partial charge in [-0.2, -0.15) is 13.2 Å². The summed E-state index contributed by atoms with van der Waals surface area (Å²) in [6, 6.07) is 2.84. The molecule has 2 rings (SSSR count). The highest BCUT2D eigenvalue weighted by Gasteiger charge is 2.36. The number of nitrogens with zero attached hydrogens (tertiary/aromatic N) is 1. The van der Waals surface area contributed by atoms with Gasteiger partial charge in [0.05, 0.1) is 11.6 Å². The summed E-state index contributed by atoms with van der Waals surface area (Å²) in [6.45, 7) is 6.38. The van der Waals surface area contributed by atoms with Gasteiger partial charge >= 0.3 is 6.18 Å². The lowest BCUT2D eigenvalue weighted by Gasteiger charge is -2.33. The van der Waals surface area contributed by atoms with Crippen LogP contribution >= 0.6 is 0 Å². The van der Waals surface area contributed by atoms with E-state index in [1.54, 1.807) is 0 Å².